The second kappa shape index (κ2) is 11.6. The number of rotatable bonds is 10. The molecule has 0 bridgehead atoms. The molecule has 7 heteroatoms. The number of nitrogens with one attached hydrogen (secondary N) is 2. The van der Waals surface area contributed by atoms with Crippen LogP contribution in [0.5, 0.6) is 5.75 Å². The molecule has 0 heterocycles. The maximum absolute atomic E-state index is 12.4. The van der Waals surface area contributed by atoms with Gasteiger partial charge < -0.3 is 20.1 Å². The molecule has 0 aliphatic carbocycles. The summed E-state index contributed by atoms with van der Waals surface area (Å²) in [6, 6.07) is 6.67. The van der Waals surface area contributed by atoms with Crippen molar-refractivity contribution in [3.63, 3.8) is 0 Å². The zero-order valence-electron chi connectivity index (χ0n) is 13.6. The molecule has 1 aromatic carbocycles. The van der Waals surface area contributed by atoms with Crippen LogP contribution in [0.15, 0.2) is 29.3 Å². The molecule has 0 saturated heterocycles. The number of nitrogens with zero attached hydrogens (tertiary/aromatic N) is 1. The molecular formula is C16H25F2N3O2. The molecule has 0 aromatic heterocycles. The van der Waals surface area contributed by atoms with E-state index in [0.29, 0.717) is 31.2 Å². The smallest absolute Gasteiger partial charge is 0.387 e. The summed E-state index contributed by atoms with van der Waals surface area (Å²) in [5.74, 6) is 0.740. The molecule has 0 unspecified atom stereocenters. The Kier molecular flexibility index (Phi) is 9.70. The van der Waals surface area contributed by atoms with Crippen LogP contribution >= 0.6 is 0 Å². The van der Waals surface area contributed by atoms with Crippen LogP contribution in [0.1, 0.15) is 25.3 Å². The topological polar surface area (TPSA) is 54.9 Å². The highest BCUT2D eigenvalue weighted by atomic mass is 19.3. The van der Waals surface area contributed by atoms with Crippen molar-refractivity contribution in [2.45, 2.75) is 32.9 Å². The largest absolute Gasteiger partial charge is 0.434 e. The minimum absolute atomic E-state index is 0.161. The van der Waals surface area contributed by atoms with E-state index in [0.717, 1.165) is 19.4 Å². The van der Waals surface area contributed by atoms with Crippen LogP contribution in [0.4, 0.5) is 8.78 Å². The molecular weight excluding hydrogens is 304 g/mol. The number of halogens is 2. The first-order valence-corrected chi connectivity index (χ1v) is 7.72. The van der Waals surface area contributed by atoms with Gasteiger partial charge in [-0.1, -0.05) is 31.5 Å². The van der Waals surface area contributed by atoms with Gasteiger partial charge in [-0.3, -0.25) is 4.99 Å². The predicted molar refractivity (Wildman–Crippen MR) is 87.0 cm³/mol. The van der Waals surface area contributed by atoms with Crippen molar-refractivity contribution in [2.75, 3.05) is 26.8 Å². The van der Waals surface area contributed by atoms with Crippen LogP contribution in [-0.4, -0.2) is 39.4 Å². The van der Waals surface area contributed by atoms with Gasteiger partial charge in [0.15, 0.2) is 5.96 Å². The van der Waals surface area contributed by atoms with Crippen LogP contribution in [0.2, 0.25) is 0 Å². The second-order valence-electron chi connectivity index (χ2n) is 4.80. The molecule has 0 radical (unpaired) electrons. The molecule has 0 amide bonds. The Hall–Kier alpha value is -1.89. The highest BCUT2D eigenvalue weighted by Crippen LogP contribution is 2.19. The van der Waals surface area contributed by atoms with E-state index in [1.54, 1.807) is 25.2 Å². The second-order valence-corrected chi connectivity index (χ2v) is 4.80. The minimum atomic E-state index is -2.84. The van der Waals surface area contributed by atoms with Crippen LogP contribution in [0, 0.1) is 0 Å². The molecule has 0 aliphatic rings. The van der Waals surface area contributed by atoms with Gasteiger partial charge in [0.25, 0.3) is 0 Å². The van der Waals surface area contributed by atoms with E-state index in [-0.39, 0.29) is 5.75 Å². The first-order valence-electron chi connectivity index (χ1n) is 7.72. The summed E-state index contributed by atoms with van der Waals surface area (Å²) in [5, 5.41) is 6.16. The van der Waals surface area contributed by atoms with Crippen molar-refractivity contribution in [2.24, 2.45) is 4.99 Å². The van der Waals surface area contributed by atoms with Gasteiger partial charge in [0.05, 0.1) is 6.61 Å². The zero-order valence-corrected chi connectivity index (χ0v) is 13.6. The lowest BCUT2D eigenvalue weighted by molar-refractivity contribution is -0.0504. The predicted octanol–water partition coefficient (Wildman–Crippen LogP) is 2.77. The van der Waals surface area contributed by atoms with Crippen molar-refractivity contribution >= 4 is 5.96 Å². The summed E-state index contributed by atoms with van der Waals surface area (Å²) >= 11 is 0. The lowest BCUT2D eigenvalue weighted by atomic mass is 10.2. The van der Waals surface area contributed by atoms with Gasteiger partial charge in [0, 0.05) is 32.3 Å². The molecule has 1 aromatic rings. The Morgan fingerprint density at radius 2 is 2.00 bits per heavy atom. The van der Waals surface area contributed by atoms with Gasteiger partial charge >= 0.3 is 6.61 Å². The third-order valence-corrected chi connectivity index (χ3v) is 3.04. The highest BCUT2D eigenvalue weighted by Gasteiger charge is 2.09. The SMILES string of the molecule is CCCCOCCNC(=NC)NCc1ccccc1OC(F)F. The normalized spacial score (nSPS) is 11.6. The number of hydrogen-bond donors (Lipinski definition) is 2. The summed E-state index contributed by atoms with van der Waals surface area (Å²) in [6.45, 7) is 1.57. The third-order valence-electron chi connectivity index (χ3n) is 3.04. The molecule has 0 fully saturated rings. The number of aliphatic imine (C=N–C) groups is 1. The van der Waals surface area contributed by atoms with E-state index in [4.69, 9.17) is 4.74 Å². The Morgan fingerprint density at radius 1 is 1.22 bits per heavy atom. The maximum Gasteiger partial charge on any atom is 0.387 e. The van der Waals surface area contributed by atoms with Crippen molar-refractivity contribution in [1.82, 2.24) is 10.6 Å². The lowest BCUT2D eigenvalue weighted by Crippen LogP contribution is -2.38. The van der Waals surface area contributed by atoms with Gasteiger partial charge in [-0.15, -0.1) is 0 Å². The van der Waals surface area contributed by atoms with Crippen LogP contribution in [0.25, 0.3) is 0 Å². The zero-order chi connectivity index (χ0) is 16.9. The Morgan fingerprint density at radius 3 is 2.70 bits per heavy atom. The number of unbranched alkanes of at least 4 members (excludes halogenated alkanes) is 1. The van der Waals surface area contributed by atoms with E-state index in [1.165, 1.54) is 6.07 Å². The molecule has 0 atom stereocenters. The summed E-state index contributed by atoms with van der Waals surface area (Å²) in [7, 11) is 1.65. The highest BCUT2D eigenvalue weighted by molar-refractivity contribution is 5.79. The van der Waals surface area contributed by atoms with E-state index < -0.39 is 6.61 Å². The van der Waals surface area contributed by atoms with Gasteiger partial charge in [-0.25, -0.2) is 0 Å². The van der Waals surface area contributed by atoms with Crippen molar-refractivity contribution in [3.05, 3.63) is 29.8 Å². The van der Waals surface area contributed by atoms with Crippen molar-refractivity contribution in [1.29, 1.82) is 0 Å². The summed E-state index contributed by atoms with van der Waals surface area (Å²) < 4.78 is 34.7. The number of benzene rings is 1. The van der Waals surface area contributed by atoms with Crippen LogP contribution in [0.3, 0.4) is 0 Å². The van der Waals surface area contributed by atoms with Gasteiger partial charge in [-0.2, -0.15) is 8.78 Å². The van der Waals surface area contributed by atoms with Crippen LogP contribution in [-0.2, 0) is 11.3 Å². The molecule has 0 spiro atoms. The molecule has 0 aliphatic heterocycles. The molecule has 130 valence electrons. The van der Waals surface area contributed by atoms with E-state index in [9.17, 15) is 8.78 Å². The number of hydrogen-bond acceptors (Lipinski definition) is 3. The Balaban J connectivity index is 2.37. The van der Waals surface area contributed by atoms with Gasteiger partial charge in [0.1, 0.15) is 5.75 Å². The monoisotopic (exact) mass is 329 g/mol. The number of alkyl halides is 2. The number of para-hydroxylation sites is 1. The fourth-order valence-corrected chi connectivity index (χ4v) is 1.85. The van der Waals surface area contributed by atoms with Crippen LogP contribution < -0.4 is 15.4 Å². The van der Waals surface area contributed by atoms with E-state index in [1.807, 2.05) is 0 Å². The molecule has 23 heavy (non-hydrogen) atoms. The minimum Gasteiger partial charge on any atom is -0.434 e. The fourth-order valence-electron chi connectivity index (χ4n) is 1.85. The van der Waals surface area contributed by atoms with Gasteiger partial charge in [0.2, 0.25) is 0 Å². The standard InChI is InChI=1S/C16H25F2N3O2/c1-3-4-10-22-11-9-20-16(19-2)21-12-13-7-5-6-8-14(13)23-15(17)18/h5-8,15H,3-4,9-12H2,1-2H3,(H2,19,20,21). The molecule has 2 N–H and O–H groups in total. The van der Waals surface area contributed by atoms with Gasteiger partial charge in [-0.05, 0) is 12.5 Å². The van der Waals surface area contributed by atoms with E-state index >= 15 is 0 Å². The summed E-state index contributed by atoms with van der Waals surface area (Å²) in [6.07, 6.45) is 2.16. The summed E-state index contributed by atoms with van der Waals surface area (Å²) in [5.41, 5.74) is 0.634. The van der Waals surface area contributed by atoms with E-state index in [2.05, 4.69) is 27.3 Å². The first kappa shape index (κ1) is 19.2. The average Bonchev–Trinajstić information content (AvgIpc) is 2.54. The fraction of sp³-hybridized carbons (Fsp3) is 0.562. The lowest BCUT2D eigenvalue weighted by Gasteiger charge is -2.14. The molecule has 1 rings (SSSR count). The third kappa shape index (κ3) is 8.35. The Labute approximate surface area is 136 Å². The maximum atomic E-state index is 12.4. The quantitative estimate of drug-likeness (QED) is 0.394. The molecule has 0 saturated carbocycles. The Bertz CT molecular complexity index is 470. The number of guanidine groups is 1. The number of ether oxygens (including phenoxy) is 2. The summed E-state index contributed by atoms with van der Waals surface area (Å²) in [4.78, 5) is 4.08. The first-order chi connectivity index (χ1) is 11.2. The molecule has 5 nitrogen and oxygen atoms in total. The van der Waals surface area contributed by atoms with Crippen molar-refractivity contribution in [3.8, 4) is 5.75 Å². The average molecular weight is 329 g/mol. The van der Waals surface area contributed by atoms with Crippen molar-refractivity contribution < 1.29 is 18.3 Å².